The fraction of sp³-hybridized carbons (Fsp3) is 0.346. The minimum Gasteiger partial charge on any atom is -0.394 e. The molecule has 1 atom stereocenters. The Labute approximate surface area is 220 Å². The van der Waals surface area contributed by atoms with Gasteiger partial charge in [-0.25, -0.2) is 13.1 Å². The second kappa shape index (κ2) is 12.6. The van der Waals surface area contributed by atoms with E-state index >= 15 is 0 Å². The van der Waals surface area contributed by atoms with Crippen LogP contribution in [-0.4, -0.2) is 82.2 Å². The molecule has 0 bridgehead atoms. The minimum absolute atomic E-state index is 0.379. The third kappa shape index (κ3) is 7.37. The van der Waals surface area contributed by atoms with E-state index in [-0.39, 0.29) is 6.54 Å². The summed E-state index contributed by atoms with van der Waals surface area (Å²) >= 11 is 1.38. The van der Waals surface area contributed by atoms with Crippen molar-refractivity contribution in [2.24, 2.45) is 0 Å². The zero-order valence-corrected chi connectivity index (χ0v) is 21.9. The van der Waals surface area contributed by atoms with E-state index in [1.807, 2.05) is 12.1 Å². The molecule has 0 radical (unpaired) electrons. The second-order valence-electron chi connectivity index (χ2n) is 8.67. The van der Waals surface area contributed by atoms with Crippen molar-refractivity contribution in [1.82, 2.24) is 9.62 Å². The first-order valence-corrected chi connectivity index (χ1v) is 14.3. The van der Waals surface area contributed by atoms with Crippen LogP contribution in [0.1, 0.15) is 4.88 Å². The molecule has 1 aliphatic rings. The first kappa shape index (κ1) is 27.2. The normalized spacial score (nSPS) is 16.0. The number of aliphatic hydroxyl groups excluding tert-OH is 2. The molecule has 0 amide bonds. The summed E-state index contributed by atoms with van der Waals surface area (Å²) < 4.78 is 32.3. The van der Waals surface area contributed by atoms with Gasteiger partial charge in [0.15, 0.2) is 4.91 Å². The number of anilines is 1. The van der Waals surface area contributed by atoms with E-state index < -0.39 is 27.6 Å². The number of hydrogen-bond acceptors (Lipinski definition) is 9. The molecule has 3 aromatic rings. The van der Waals surface area contributed by atoms with Gasteiger partial charge in [0.2, 0.25) is 0 Å². The minimum atomic E-state index is -4.11. The zero-order valence-electron chi connectivity index (χ0n) is 20.3. The first-order chi connectivity index (χ1) is 17.9. The van der Waals surface area contributed by atoms with Crippen LogP contribution in [-0.2, 0) is 14.8 Å². The summed E-state index contributed by atoms with van der Waals surface area (Å²) in [6, 6.07) is 17.8. The number of rotatable bonds is 11. The van der Waals surface area contributed by atoms with Crippen LogP contribution in [0.15, 0.2) is 53.4 Å². The van der Waals surface area contributed by atoms with Gasteiger partial charge in [-0.2, -0.15) is 5.26 Å². The number of sulfonamides is 1. The predicted molar refractivity (Wildman–Crippen MR) is 147 cm³/mol. The third-order valence-corrected chi connectivity index (χ3v) is 8.42. The van der Waals surface area contributed by atoms with Crippen LogP contribution in [0.2, 0.25) is 0 Å². The van der Waals surface area contributed by atoms with Crippen LogP contribution in [0.25, 0.3) is 27.3 Å². The van der Waals surface area contributed by atoms with Crippen molar-refractivity contribution in [3.05, 3.63) is 58.3 Å². The molecular weight excluding hydrogens is 512 g/mol. The number of nitriles is 1. The van der Waals surface area contributed by atoms with E-state index in [4.69, 9.17) is 9.84 Å². The van der Waals surface area contributed by atoms with Crippen molar-refractivity contribution >= 4 is 43.9 Å². The van der Waals surface area contributed by atoms with Crippen molar-refractivity contribution in [1.29, 1.82) is 5.26 Å². The van der Waals surface area contributed by atoms with Gasteiger partial charge in [-0.3, -0.25) is 4.90 Å². The van der Waals surface area contributed by atoms with Gasteiger partial charge in [0, 0.05) is 48.2 Å². The summed E-state index contributed by atoms with van der Waals surface area (Å²) in [5.74, 6) is 0. The number of hydrogen-bond donors (Lipinski definition) is 4. The topological polar surface area (TPSA) is 135 Å². The lowest BCUT2D eigenvalue weighted by Gasteiger charge is -2.26. The molecule has 2 heterocycles. The van der Waals surface area contributed by atoms with Crippen molar-refractivity contribution in [3.8, 4) is 16.5 Å². The Hall–Kier alpha value is -2.82. The summed E-state index contributed by atoms with van der Waals surface area (Å²) in [6.07, 6.45) is 0.0653. The summed E-state index contributed by atoms with van der Waals surface area (Å²) in [5, 5.41) is 33.3. The van der Waals surface area contributed by atoms with E-state index in [1.54, 1.807) is 12.1 Å². The van der Waals surface area contributed by atoms with Crippen molar-refractivity contribution < 1.29 is 23.4 Å². The largest absolute Gasteiger partial charge is 0.394 e. The molecule has 4 N–H and O–H groups in total. The fourth-order valence-corrected chi connectivity index (χ4v) is 5.92. The maximum atomic E-state index is 12.4. The Kier molecular flexibility index (Phi) is 9.28. The van der Waals surface area contributed by atoms with Crippen LogP contribution in [0.3, 0.4) is 0 Å². The predicted octanol–water partition coefficient (Wildman–Crippen LogP) is 2.45. The average molecular weight is 543 g/mol. The molecule has 9 nitrogen and oxygen atoms in total. The van der Waals surface area contributed by atoms with E-state index in [2.05, 4.69) is 45.3 Å². The van der Waals surface area contributed by atoms with Gasteiger partial charge in [0.1, 0.15) is 6.07 Å². The van der Waals surface area contributed by atoms with Gasteiger partial charge < -0.3 is 20.3 Å². The first-order valence-electron chi connectivity index (χ1n) is 12.0. The lowest BCUT2D eigenvalue weighted by atomic mass is 10.1. The monoisotopic (exact) mass is 542 g/mol. The van der Waals surface area contributed by atoms with Gasteiger partial charge in [0.25, 0.3) is 10.0 Å². The molecule has 11 heteroatoms. The Bertz CT molecular complexity index is 1390. The number of morpholine rings is 1. The Morgan fingerprint density at radius 1 is 1.16 bits per heavy atom. The Balaban J connectivity index is 1.43. The molecule has 1 saturated heterocycles. The quantitative estimate of drug-likeness (QED) is 0.272. The highest BCUT2D eigenvalue weighted by Crippen LogP contribution is 2.32. The van der Waals surface area contributed by atoms with E-state index in [0.29, 0.717) is 4.88 Å². The standard InChI is InChI=1S/C26H30N4O5S2/c27-16-25(37(33,34)29-17-23(32)18-31)15-24-5-6-26(36-24)21-2-1-20-14-22(4-3-19(20)13-21)28-7-8-30-9-11-35-12-10-30/h1-6,13-15,23,28-29,31-32H,7-12,17-18H2/b25-15+. The van der Waals surface area contributed by atoms with Crippen molar-refractivity contribution in [2.75, 3.05) is 57.9 Å². The second-order valence-corrected chi connectivity index (χ2v) is 11.5. The molecule has 0 spiro atoms. The van der Waals surface area contributed by atoms with Crippen LogP contribution in [0.4, 0.5) is 5.69 Å². The number of allylic oxidation sites excluding steroid dienone is 1. The summed E-state index contributed by atoms with van der Waals surface area (Å²) in [4.78, 5) is 3.48. The van der Waals surface area contributed by atoms with Gasteiger partial charge >= 0.3 is 0 Å². The number of fused-ring (bicyclic) bond motifs is 1. The molecule has 1 unspecified atom stereocenters. The number of ether oxygens (including phenoxy) is 1. The molecule has 2 aromatic carbocycles. The van der Waals surface area contributed by atoms with Crippen molar-refractivity contribution in [2.45, 2.75) is 6.10 Å². The molecular formula is C26H30N4O5S2. The van der Waals surface area contributed by atoms with E-state index in [9.17, 15) is 18.8 Å². The summed E-state index contributed by atoms with van der Waals surface area (Å²) in [7, 11) is -4.11. The molecule has 1 aromatic heterocycles. The van der Waals surface area contributed by atoms with Crippen LogP contribution in [0, 0.1) is 11.3 Å². The molecule has 37 heavy (non-hydrogen) atoms. The van der Waals surface area contributed by atoms with Crippen LogP contribution >= 0.6 is 11.3 Å². The highest BCUT2D eigenvalue weighted by Gasteiger charge is 2.19. The van der Waals surface area contributed by atoms with Crippen LogP contribution in [0.5, 0.6) is 0 Å². The SMILES string of the molecule is N#C/C(=C\c1ccc(-c2ccc3cc(NCCN4CCOCC4)ccc3c2)s1)S(=O)(=O)NCC(O)CO. The van der Waals surface area contributed by atoms with Crippen LogP contribution < -0.4 is 10.0 Å². The molecule has 1 fully saturated rings. The summed E-state index contributed by atoms with van der Waals surface area (Å²) in [5.41, 5.74) is 2.07. The lowest BCUT2D eigenvalue weighted by Crippen LogP contribution is -2.38. The third-order valence-electron chi connectivity index (χ3n) is 6.01. The smallest absolute Gasteiger partial charge is 0.250 e. The zero-order chi connectivity index (χ0) is 26.3. The molecule has 4 rings (SSSR count). The maximum Gasteiger partial charge on any atom is 0.250 e. The highest BCUT2D eigenvalue weighted by molar-refractivity contribution is 7.93. The van der Waals surface area contributed by atoms with E-state index in [0.717, 1.165) is 66.3 Å². The molecule has 196 valence electrons. The average Bonchev–Trinajstić information content (AvgIpc) is 3.39. The number of nitrogens with one attached hydrogen (secondary N) is 2. The van der Waals surface area contributed by atoms with Gasteiger partial charge in [-0.05, 0) is 52.7 Å². The fourth-order valence-electron chi connectivity index (χ4n) is 3.92. The lowest BCUT2D eigenvalue weighted by molar-refractivity contribution is 0.0398. The Morgan fingerprint density at radius 3 is 2.68 bits per heavy atom. The van der Waals surface area contributed by atoms with Gasteiger partial charge in [0.05, 0.1) is 25.9 Å². The Morgan fingerprint density at radius 2 is 1.92 bits per heavy atom. The molecule has 0 saturated carbocycles. The highest BCUT2D eigenvalue weighted by atomic mass is 32.2. The number of thiophene rings is 1. The van der Waals surface area contributed by atoms with E-state index in [1.165, 1.54) is 17.4 Å². The number of aliphatic hydroxyl groups is 2. The maximum absolute atomic E-state index is 12.4. The van der Waals surface area contributed by atoms with Gasteiger partial charge in [-0.1, -0.05) is 18.2 Å². The summed E-state index contributed by atoms with van der Waals surface area (Å²) in [6.45, 7) is 4.43. The number of nitrogens with zero attached hydrogens (tertiary/aromatic N) is 2. The molecule has 1 aliphatic heterocycles. The number of benzene rings is 2. The van der Waals surface area contributed by atoms with Gasteiger partial charge in [-0.15, -0.1) is 11.3 Å². The molecule has 0 aliphatic carbocycles. The van der Waals surface area contributed by atoms with Crippen molar-refractivity contribution in [3.63, 3.8) is 0 Å².